The maximum atomic E-state index is 12.2. The number of amides is 1. The molecule has 0 fully saturated rings. The van der Waals surface area contributed by atoms with Crippen molar-refractivity contribution in [2.24, 2.45) is 0 Å². The number of carbonyl (C=O) groups is 2. The van der Waals surface area contributed by atoms with Crippen LogP contribution in [-0.2, 0) is 20.7 Å². The van der Waals surface area contributed by atoms with Crippen molar-refractivity contribution >= 4 is 29.2 Å². The van der Waals surface area contributed by atoms with E-state index in [0.717, 1.165) is 5.56 Å². The quantitative estimate of drug-likeness (QED) is 0.612. The highest BCUT2D eigenvalue weighted by atomic mass is 35.5. The first-order chi connectivity index (χ1) is 13.5. The van der Waals surface area contributed by atoms with Gasteiger partial charge in [0.25, 0.3) is 5.91 Å². The van der Waals surface area contributed by atoms with Gasteiger partial charge >= 0.3 is 5.97 Å². The molecule has 3 rings (SSSR count). The van der Waals surface area contributed by atoms with Gasteiger partial charge in [-0.15, -0.1) is 0 Å². The van der Waals surface area contributed by atoms with Crippen LogP contribution in [-0.4, -0.2) is 40.4 Å². The lowest BCUT2D eigenvalue weighted by Crippen LogP contribution is -2.22. The van der Waals surface area contributed by atoms with Gasteiger partial charge in [-0.3, -0.25) is 9.59 Å². The first kappa shape index (κ1) is 19.4. The lowest BCUT2D eigenvalue weighted by atomic mass is 10.1. The largest absolute Gasteiger partial charge is 0.497 e. The second kappa shape index (κ2) is 9.01. The summed E-state index contributed by atoms with van der Waals surface area (Å²) in [6.07, 6.45) is 2.92. The van der Waals surface area contributed by atoms with E-state index in [4.69, 9.17) is 21.1 Å². The van der Waals surface area contributed by atoms with Crippen molar-refractivity contribution in [3.63, 3.8) is 0 Å². The fraction of sp³-hybridized carbons (Fsp3) is 0.158. The van der Waals surface area contributed by atoms with Gasteiger partial charge < -0.3 is 14.8 Å². The molecule has 0 atom stereocenters. The molecule has 0 aliphatic heterocycles. The molecule has 3 aromatic rings. The Bertz CT molecular complexity index is 959. The average molecular weight is 401 g/mol. The summed E-state index contributed by atoms with van der Waals surface area (Å²) in [5.41, 5.74) is 1.77. The van der Waals surface area contributed by atoms with Crippen molar-refractivity contribution in [1.29, 1.82) is 0 Å². The smallest absolute Gasteiger partial charge is 0.310 e. The maximum Gasteiger partial charge on any atom is 0.310 e. The molecule has 1 heterocycles. The van der Waals surface area contributed by atoms with Crippen molar-refractivity contribution in [3.05, 3.63) is 65.7 Å². The highest BCUT2D eigenvalue weighted by molar-refractivity contribution is 6.31. The standard InChI is InChI=1S/C19H17ClN4O4/c1-27-15-5-2-13(3-6-15)8-19(26)28-10-18(25)23-16-9-14(20)4-7-17(16)24-12-21-11-22-24/h2-7,9,11-12H,8,10H2,1H3,(H,23,25). The van der Waals surface area contributed by atoms with Crippen LogP contribution in [0.15, 0.2) is 55.1 Å². The van der Waals surface area contributed by atoms with Gasteiger partial charge in [0.15, 0.2) is 6.61 Å². The normalized spacial score (nSPS) is 10.4. The molecular formula is C19H17ClN4O4. The Balaban J connectivity index is 1.57. The Morgan fingerprint density at radius 2 is 1.96 bits per heavy atom. The molecule has 8 nitrogen and oxygen atoms in total. The SMILES string of the molecule is COc1ccc(CC(=O)OCC(=O)Nc2cc(Cl)ccc2-n2cncn2)cc1. The summed E-state index contributed by atoms with van der Waals surface area (Å²) >= 11 is 6.01. The topological polar surface area (TPSA) is 95.3 Å². The van der Waals surface area contributed by atoms with Crippen molar-refractivity contribution < 1.29 is 19.1 Å². The number of hydrogen-bond donors (Lipinski definition) is 1. The molecule has 1 N–H and O–H groups in total. The monoisotopic (exact) mass is 400 g/mol. The number of halogens is 1. The van der Waals surface area contributed by atoms with Gasteiger partial charge in [0.2, 0.25) is 0 Å². The Labute approximate surface area is 166 Å². The summed E-state index contributed by atoms with van der Waals surface area (Å²) in [5.74, 6) is -0.309. The Kier molecular flexibility index (Phi) is 6.23. The lowest BCUT2D eigenvalue weighted by Gasteiger charge is -2.11. The zero-order valence-electron chi connectivity index (χ0n) is 15.0. The number of nitrogens with one attached hydrogen (secondary N) is 1. The van der Waals surface area contributed by atoms with Crippen LogP contribution in [0.4, 0.5) is 5.69 Å². The number of anilines is 1. The van der Waals surface area contributed by atoms with Gasteiger partial charge in [-0.05, 0) is 35.9 Å². The molecule has 0 saturated heterocycles. The second-order valence-corrected chi connectivity index (χ2v) is 6.17. The molecule has 0 spiro atoms. The molecule has 1 amide bonds. The molecular weight excluding hydrogens is 384 g/mol. The molecule has 0 aliphatic carbocycles. The molecule has 0 radical (unpaired) electrons. The van der Waals surface area contributed by atoms with Crippen LogP contribution in [0.1, 0.15) is 5.56 Å². The van der Waals surface area contributed by atoms with Crippen LogP contribution < -0.4 is 10.1 Å². The van der Waals surface area contributed by atoms with E-state index in [9.17, 15) is 9.59 Å². The van der Waals surface area contributed by atoms with E-state index < -0.39 is 18.5 Å². The molecule has 2 aromatic carbocycles. The number of rotatable bonds is 7. The minimum absolute atomic E-state index is 0.0542. The van der Waals surface area contributed by atoms with E-state index >= 15 is 0 Å². The summed E-state index contributed by atoms with van der Waals surface area (Å²) in [6, 6.07) is 12.0. The fourth-order valence-corrected chi connectivity index (χ4v) is 2.61. The first-order valence-electron chi connectivity index (χ1n) is 8.28. The van der Waals surface area contributed by atoms with Gasteiger partial charge in [-0.1, -0.05) is 23.7 Å². The highest BCUT2D eigenvalue weighted by Gasteiger charge is 2.13. The van der Waals surface area contributed by atoms with E-state index in [1.807, 2.05) is 0 Å². The number of ether oxygens (including phenoxy) is 2. The Morgan fingerprint density at radius 1 is 1.18 bits per heavy atom. The molecule has 0 bridgehead atoms. The van der Waals surface area contributed by atoms with Crippen LogP contribution in [0.25, 0.3) is 5.69 Å². The Morgan fingerprint density at radius 3 is 2.64 bits per heavy atom. The van der Waals surface area contributed by atoms with Gasteiger partial charge in [-0.2, -0.15) is 5.10 Å². The van der Waals surface area contributed by atoms with E-state index in [1.54, 1.807) is 49.6 Å². The third-order valence-corrected chi connectivity index (χ3v) is 4.01. The van der Waals surface area contributed by atoms with Gasteiger partial charge in [0, 0.05) is 5.02 Å². The second-order valence-electron chi connectivity index (χ2n) is 5.74. The zero-order chi connectivity index (χ0) is 19.9. The van der Waals surface area contributed by atoms with E-state index in [0.29, 0.717) is 22.1 Å². The van der Waals surface area contributed by atoms with Crippen LogP contribution >= 0.6 is 11.6 Å². The molecule has 28 heavy (non-hydrogen) atoms. The third-order valence-electron chi connectivity index (χ3n) is 3.77. The third kappa shape index (κ3) is 5.08. The van der Waals surface area contributed by atoms with Crippen molar-refractivity contribution in [3.8, 4) is 11.4 Å². The van der Waals surface area contributed by atoms with Crippen LogP contribution in [0, 0.1) is 0 Å². The number of methoxy groups -OCH3 is 1. The van der Waals surface area contributed by atoms with E-state index in [-0.39, 0.29) is 6.42 Å². The number of aromatic nitrogens is 3. The highest BCUT2D eigenvalue weighted by Crippen LogP contribution is 2.23. The average Bonchev–Trinajstić information content (AvgIpc) is 3.22. The number of esters is 1. The van der Waals surface area contributed by atoms with Crippen molar-refractivity contribution in [2.75, 3.05) is 19.0 Å². The summed E-state index contributed by atoms with van der Waals surface area (Å²) in [6.45, 7) is -0.418. The zero-order valence-corrected chi connectivity index (χ0v) is 15.7. The number of benzene rings is 2. The summed E-state index contributed by atoms with van der Waals surface area (Å²) < 4.78 is 11.6. The minimum Gasteiger partial charge on any atom is -0.497 e. The van der Waals surface area contributed by atoms with Crippen LogP contribution in [0.3, 0.4) is 0 Å². The predicted octanol–water partition coefficient (Wildman–Crippen LogP) is 2.65. The van der Waals surface area contributed by atoms with Crippen LogP contribution in [0.5, 0.6) is 5.75 Å². The lowest BCUT2D eigenvalue weighted by molar-refractivity contribution is -0.146. The van der Waals surface area contributed by atoms with Gasteiger partial charge in [0.05, 0.1) is 24.9 Å². The van der Waals surface area contributed by atoms with Gasteiger partial charge in [0.1, 0.15) is 18.4 Å². The molecule has 144 valence electrons. The Hall–Kier alpha value is -3.39. The minimum atomic E-state index is -0.511. The van der Waals surface area contributed by atoms with Crippen LogP contribution in [0.2, 0.25) is 5.02 Å². The number of nitrogens with zero attached hydrogens (tertiary/aromatic N) is 3. The van der Waals surface area contributed by atoms with E-state index in [1.165, 1.54) is 17.3 Å². The predicted molar refractivity (Wildman–Crippen MR) is 103 cm³/mol. The molecule has 0 saturated carbocycles. The first-order valence-corrected chi connectivity index (χ1v) is 8.66. The molecule has 0 aliphatic rings. The van der Waals surface area contributed by atoms with E-state index in [2.05, 4.69) is 15.4 Å². The van der Waals surface area contributed by atoms with Gasteiger partial charge in [-0.25, -0.2) is 9.67 Å². The summed E-state index contributed by atoms with van der Waals surface area (Å²) in [5, 5.41) is 7.14. The number of hydrogen-bond acceptors (Lipinski definition) is 6. The van der Waals surface area contributed by atoms with Crippen molar-refractivity contribution in [1.82, 2.24) is 14.8 Å². The number of carbonyl (C=O) groups excluding carboxylic acids is 2. The molecule has 9 heteroatoms. The molecule has 0 unspecified atom stereocenters. The maximum absolute atomic E-state index is 12.2. The molecule has 1 aromatic heterocycles. The fourth-order valence-electron chi connectivity index (χ4n) is 2.43. The summed E-state index contributed by atoms with van der Waals surface area (Å²) in [7, 11) is 1.57. The summed E-state index contributed by atoms with van der Waals surface area (Å²) in [4.78, 5) is 28.0. The van der Waals surface area contributed by atoms with Crippen molar-refractivity contribution in [2.45, 2.75) is 6.42 Å².